The molecule has 3 unspecified atom stereocenters. The molecule has 7 rings (SSSR count). The van der Waals surface area contributed by atoms with Crippen molar-refractivity contribution in [2.45, 2.75) is 49.3 Å². The average molecular weight is 693 g/mol. The van der Waals surface area contributed by atoms with E-state index in [1.807, 2.05) is 44.2 Å². The van der Waals surface area contributed by atoms with Gasteiger partial charge in [-0.2, -0.15) is 0 Å². The molecule has 10 nitrogen and oxygen atoms in total. The van der Waals surface area contributed by atoms with E-state index in [0.29, 0.717) is 23.9 Å². The van der Waals surface area contributed by atoms with Crippen LogP contribution in [0, 0.1) is 0 Å². The Hall–Kier alpha value is -4.16. The largest absolute Gasteiger partial charge is 0.497 e. The van der Waals surface area contributed by atoms with Gasteiger partial charge in [0.05, 0.1) is 12.8 Å². The number of nitrogens with zero attached hydrogens (tertiary/aromatic N) is 1. The van der Waals surface area contributed by atoms with Gasteiger partial charge in [0.2, 0.25) is 5.91 Å². The molecule has 232 valence electrons. The van der Waals surface area contributed by atoms with Gasteiger partial charge >= 0.3 is 5.97 Å². The Labute approximate surface area is 271 Å². The number of H-pyrrole nitrogens is 1. The fourth-order valence-electron chi connectivity index (χ4n) is 6.11. The number of benzene rings is 3. The Balaban J connectivity index is 0.954. The number of thioether (sulfide) groups is 1. The van der Waals surface area contributed by atoms with Crippen molar-refractivity contribution in [2.24, 2.45) is 0 Å². The van der Waals surface area contributed by atoms with Crippen molar-refractivity contribution in [1.82, 2.24) is 15.2 Å². The smallest absolute Gasteiger partial charge is 0.330 e. The fraction of sp³-hybridized carbons (Fsp3) is 0.303. The van der Waals surface area contributed by atoms with E-state index in [1.54, 1.807) is 31.4 Å². The number of esters is 1. The lowest BCUT2D eigenvalue weighted by Crippen LogP contribution is -2.71. The van der Waals surface area contributed by atoms with Gasteiger partial charge in [0.15, 0.2) is 6.61 Å². The van der Waals surface area contributed by atoms with Gasteiger partial charge in [-0.15, -0.1) is 11.8 Å². The number of hydrogen-bond acceptors (Lipinski definition) is 8. The van der Waals surface area contributed by atoms with Crippen molar-refractivity contribution in [3.05, 3.63) is 76.3 Å². The van der Waals surface area contributed by atoms with Crippen molar-refractivity contribution in [3.63, 3.8) is 0 Å². The Kier molecular flexibility index (Phi) is 7.44. The van der Waals surface area contributed by atoms with E-state index in [4.69, 9.17) is 18.9 Å². The molecule has 2 amide bonds. The van der Waals surface area contributed by atoms with E-state index < -0.39 is 28.7 Å². The summed E-state index contributed by atoms with van der Waals surface area (Å²) in [5.74, 6) is 0.615. The van der Waals surface area contributed by atoms with Crippen molar-refractivity contribution < 1.29 is 33.3 Å². The van der Waals surface area contributed by atoms with Crippen molar-refractivity contribution >= 4 is 56.4 Å². The predicted molar refractivity (Wildman–Crippen MR) is 172 cm³/mol. The number of nitrogens with one attached hydrogen (secondary N) is 2. The van der Waals surface area contributed by atoms with Crippen molar-refractivity contribution in [3.8, 4) is 28.5 Å². The number of fused-ring (bicyclic) bond motifs is 6. The highest BCUT2D eigenvalue weighted by Crippen LogP contribution is 2.51. The van der Waals surface area contributed by atoms with Crippen LogP contribution in [-0.2, 0) is 32.3 Å². The molecule has 3 aromatic carbocycles. The highest BCUT2D eigenvalue weighted by atomic mass is 79.9. The molecule has 0 bridgehead atoms. The maximum absolute atomic E-state index is 13.2. The first-order valence-corrected chi connectivity index (χ1v) is 16.1. The molecule has 45 heavy (non-hydrogen) atoms. The Bertz CT molecular complexity index is 1840. The van der Waals surface area contributed by atoms with Crippen LogP contribution in [0.4, 0.5) is 0 Å². The third-order valence-electron chi connectivity index (χ3n) is 8.35. The van der Waals surface area contributed by atoms with Crippen LogP contribution in [0.3, 0.4) is 0 Å². The SMILES string of the molecule is COc1ccc(COC(=O)C2N3C(=O)C(NC(=O)COc4ccc5c(c4)OCc4c-5[nH]c5ccc(Br)cc45)C3SC2(C)C)cc1. The van der Waals surface area contributed by atoms with Gasteiger partial charge in [0, 0.05) is 37.3 Å². The van der Waals surface area contributed by atoms with E-state index in [1.165, 1.54) is 16.7 Å². The lowest BCUT2D eigenvalue weighted by atomic mass is 9.96. The van der Waals surface area contributed by atoms with Crippen LogP contribution in [0.15, 0.2) is 65.1 Å². The molecule has 4 aromatic rings. The third-order valence-corrected chi connectivity index (χ3v) is 10.4. The van der Waals surface area contributed by atoms with Crippen LogP contribution in [0.25, 0.3) is 22.2 Å². The molecule has 0 aliphatic carbocycles. The quantitative estimate of drug-likeness (QED) is 0.192. The zero-order valence-electron chi connectivity index (χ0n) is 24.7. The van der Waals surface area contributed by atoms with Crippen LogP contribution in [0.2, 0.25) is 0 Å². The molecular weight excluding hydrogens is 662 g/mol. The number of carbonyl (C=O) groups excluding carboxylic acids is 3. The van der Waals surface area contributed by atoms with Crippen molar-refractivity contribution in [2.75, 3.05) is 13.7 Å². The molecule has 12 heteroatoms. The number of amides is 2. The zero-order valence-corrected chi connectivity index (χ0v) is 27.1. The van der Waals surface area contributed by atoms with Gasteiger partial charge in [0.1, 0.15) is 47.9 Å². The van der Waals surface area contributed by atoms with E-state index in [2.05, 4.69) is 32.3 Å². The normalized spacial score (nSPS) is 20.8. The second-order valence-corrected chi connectivity index (χ2v) is 14.4. The standard InChI is InChI=1S/C33H30BrN3O7S/c1-33(2)29(32(40)44-14-17-4-7-19(41-3)8-5-17)37-30(39)28(31(37)45-33)36-26(38)16-42-20-9-10-21-25(13-20)43-15-23-22-12-18(34)6-11-24(22)35-27(21)23/h4-13,28-29,31,35H,14-16H2,1-3H3,(H,36,38). The number of β-lactam (4-membered cyclic amide) rings is 1. The molecule has 2 N–H and O–H groups in total. The minimum atomic E-state index is -0.766. The first-order chi connectivity index (χ1) is 21.6. The van der Waals surface area contributed by atoms with Gasteiger partial charge < -0.3 is 34.1 Å². The summed E-state index contributed by atoms with van der Waals surface area (Å²) in [6, 6.07) is 17.3. The summed E-state index contributed by atoms with van der Waals surface area (Å²) >= 11 is 5.01. The van der Waals surface area contributed by atoms with Crippen LogP contribution in [-0.4, -0.2) is 63.6 Å². The fourth-order valence-corrected chi connectivity index (χ4v) is 8.10. The first kappa shape index (κ1) is 29.5. The van der Waals surface area contributed by atoms with E-state index in [0.717, 1.165) is 37.8 Å². The van der Waals surface area contributed by atoms with E-state index >= 15 is 0 Å². The Morgan fingerprint density at radius 1 is 1.11 bits per heavy atom. The topological polar surface area (TPSA) is 119 Å². The summed E-state index contributed by atoms with van der Waals surface area (Å²) in [5, 5.41) is 3.52. The summed E-state index contributed by atoms with van der Waals surface area (Å²) in [4.78, 5) is 44.2. The first-order valence-electron chi connectivity index (χ1n) is 14.4. The van der Waals surface area contributed by atoms with Crippen LogP contribution in [0.1, 0.15) is 25.0 Å². The minimum absolute atomic E-state index is 0.0823. The number of carbonyl (C=O) groups is 3. The molecule has 0 saturated carbocycles. The molecule has 3 aliphatic rings. The molecule has 0 spiro atoms. The molecule has 3 aliphatic heterocycles. The molecule has 0 radical (unpaired) electrons. The minimum Gasteiger partial charge on any atom is -0.497 e. The molecule has 4 heterocycles. The predicted octanol–water partition coefficient (Wildman–Crippen LogP) is 5.17. The summed E-state index contributed by atoms with van der Waals surface area (Å²) in [7, 11) is 1.58. The van der Waals surface area contributed by atoms with E-state index in [-0.39, 0.29) is 24.5 Å². The van der Waals surface area contributed by atoms with Gasteiger partial charge in [-0.3, -0.25) is 9.59 Å². The summed E-state index contributed by atoms with van der Waals surface area (Å²) < 4.78 is 23.0. The third kappa shape index (κ3) is 5.29. The summed E-state index contributed by atoms with van der Waals surface area (Å²) in [5.41, 5.74) is 4.85. The molecule has 2 fully saturated rings. The van der Waals surface area contributed by atoms with Gasteiger partial charge in [-0.1, -0.05) is 28.1 Å². The summed E-state index contributed by atoms with van der Waals surface area (Å²) in [6.07, 6.45) is 0. The number of rotatable bonds is 8. The molecule has 3 atom stereocenters. The second kappa shape index (κ2) is 11.3. The monoisotopic (exact) mass is 691 g/mol. The number of methoxy groups -OCH3 is 1. The number of hydrogen-bond donors (Lipinski definition) is 2. The zero-order chi connectivity index (χ0) is 31.5. The van der Waals surface area contributed by atoms with Gasteiger partial charge in [0.25, 0.3) is 5.91 Å². The average Bonchev–Trinajstić information content (AvgIpc) is 3.53. The lowest BCUT2D eigenvalue weighted by Gasteiger charge is -2.43. The molecule has 1 aromatic heterocycles. The molecule has 2 saturated heterocycles. The van der Waals surface area contributed by atoms with Gasteiger partial charge in [-0.25, -0.2) is 4.79 Å². The van der Waals surface area contributed by atoms with Crippen LogP contribution in [0.5, 0.6) is 17.2 Å². The van der Waals surface area contributed by atoms with Gasteiger partial charge in [-0.05, 0) is 61.9 Å². The second-order valence-electron chi connectivity index (χ2n) is 11.7. The Morgan fingerprint density at radius 2 is 1.89 bits per heavy atom. The highest BCUT2D eigenvalue weighted by molar-refractivity contribution is 9.10. The van der Waals surface area contributed by atoms with Crippen LogP contribution < -0.4 is 19.5 Å². The number of aromatic amines is 1. The molecular formula is C33H30BrN3O7S. The highest BCUT2D eigenvalue weighted by Gasteiger charge is 2.64. The Morgan fingerprint density at radius 3 is 2.67 bits per heavy atom. The summed E-state index contributed by atoms with van der Waals surface area (Å²) in [6.45, 7) is 4.02. The van der Waals surface area contributed by atoms with E-state index in [9.17, 15) is 14.4 Å². The van der Waals surface area contributed by atoms with Crippen LogP contribution >= 0.6 is 27.7 Å². The number of ether oxygens (including phenoxy) is 4. The maximum Gasteiger partial charge on any atom is 0.330 e. The van der Waals surface area contributed by atoms with Crippen molar-refractivity contribution in [1.29, 1.82) is 0 Å². The maximum atomic E-state index is 13.2. The number of aromatic nitrogens is 1. The number of halogens is 1. The lowest BCUT2D eigenvalue weighted by molar-refractivity contribution is -0.165.